The topological polar surface area (TPSA) is 87.7 Å². The van der Waals surface area contributed by atoms with Gasteiger partial charge in [-0.25, -0.2) is 8.78 Å². The van der Waals surface area contributed by atoms with E-state index in [4.69, 9.17) is 10.9 Å². The summed E-state index contributed by atoms with van der Waals surface area (Å²) in [5.74, 6) is -2.13. The molecule has 0 radical (unpaired) electrons. The van der Waals surface area contributed by atoms with Gasteiger partial charge in [-0.05, 0) is 24.6 Å². The Kier molecular flexibility index (Phi) is 5.04. The predicted molar refractivity (Wildman–Crippen MR) is 61.3 cm³/mol. The number of nitrogens with two attached hydrogens (primary N) is 1. The van der Waals surface area contributed by atoms with Crippen LogP contribution in [0, 0.1) is 11.6 Å². The number of hydrogen-bond donors (Lipinski definition) is 3. The molecule has 0 unspecified atom stereocenters. The summed E-state index contributed by atoms with van der Waals surface area (Å²) in [6.07, 6.45) is 0.723. The second kappa shape index (κ2) is 6.53. The lowest BCUT2D eigenvalue weighted by atomic mass is 10.2. The highest BCUT2D eigenvalue weighted by atomic mass is 19.1. The summed E-state index contributed by atoms with van der Waals surface area (Å²) in [5.41, 5.74) is 4.87. The fourth-order valence-corrected chi connectivity index (χ4v) is 1.29. The minimum absolute atomic E-state index is 0.0428. The fourth-order valence-electron chi connectivity index (χ4n) is 1.29. The Morgan fingerprint density at radius 2 is 2.17 bits per heavy atom. The summed E-state index contributed by atoms with van der Waals surface area (Å²) in [6, 6.07) is 2.65. The van der Waals surface area contributed by atoms with Gasteiger partial charge >= 0.3 is 0 Å². The lowest BCUT2D eigenvalue weighted by Crippen LogP contribution is -2.26. The molecule has 0 saturated carbocycles. The lowest BCUT2D eigenvalue weighted by molar-refractivity contribution is 0.0949. The SMILES string of the molecule is NC(CCCNC(=O)c1cc(F)ccc1F)=NO. The van der Waals surface area contributed by atoms with Crippen molar-refractivity contribution in [1.82, 2.24) is 5.32 Å². The van der Waals surface area contributed by atoms with E-state index in [-0.39, 0.29) is 17.9 Å². The van der Waals surface area contributed by atoms with Crippen molar-refractivity contribution >= 4 is 11.7 Å². The maximum Gasteiger partial charge on any atom is 0.254 e. The van der Waals surface area contributed by atoms with Crippen molar-refractivity contribution in [2.24, 2.45) is 10.9 Å². The van der Waals surface area contributed by atoms with Crippen molar-refractivity contribution in [2.45, 2.75) is 12.8 Å². The number of nitrogens with one attached hydrogen (secondary N) is 1. The van der Waals surface area contributed by atoms with E-state index < -0.39 is 17.5 Å². The molecule has 18 heavy (non-hydrogen) atoms. The third-order valence-electron chi connectivity index (χ3n) is 2.20. The van der Waals surface area contributed by atoms with Gasteiger partial charge in [0.15, 0.2) is 0 Å². The number of halogens is 2. The molecule has 4 N–H and O–H groups in total. The number of benzene rings is 1. The highest BCUT2D eigenvalue weighted by Gasteiger charge is 2.11. The van der Waals surface area contributed by atoms with Crippen LogP contribution in [-0.4, -0.2) is 23.5 Å². The third kappa shape index (κ3) is 4.00. The zero-order valence-corrected chi connectivity index (χ0v) is 9.49. The monoisotopic (exact) mass is 257 g/mol. The average Bonchev–Trinajstić information content (AvgIpc) is 2.36. The van der Waals surface area contributed by atoms with E-state index in [1.165, 1.54) is 0 Å². The van der Waals surface area contributed by atoms with Gasteiger partial charge in [-0.1, -0.05) is 5.16 Å². The standard InChI is InChI=1S/C11H13F2N3O2/c12-7-3-4-9(13)8(6-7)11(17)15-5-1-2-10(14)16-18/h3-4,6,18H,1-2,5H2,(H2,14,16)(H,15,17). The zero-order chi connectivity index (χ0) is 13.5. The van der Waals surface area contributed by atoms with Gasteiger partial charge in [0, 0.05) is 13.0 Å². The van der Waals surface area contributed by atoms with E-state index in [1.807, 2.05) is 0 Å². The quantitative estimate of drug-likeness (QED) is 0.244. The summed E-state index contributed by atoms with van der Waals surface area (Å²) < 4.78 is 26.1. The Balaban J connectivity index is 2.48. The highest BCUT2D eigenvalue weighted by Crippen LogP contribution is 2.09. The fraction of sp³-hybridized carbons (Fsp3) is 0.273. The van der Waals surface area contributed by atoms with Gasteiger partial charge in [-0.3, -0.25) is 4.79 Å². The molecule has 0 aromatic heterocycles. The van der Waals surface area contributed by atoms with Gasteiger partial charge in [0.2, 0.25) is 0 Å². The summed E-state index contributed by atoms with van der Waals surface area (Å²) in [4.78, 5) is 11.5. The van der Waals surface area contributed by atoms with E-state index in [1.54, 1.807) is 0 Å². The molecular formula is C11H13F2N3O2. The van der Waals surface area contributed by atoms with Crippen LogP contribution in [0.4, 0.5) is 8.78 Å². The predicted octanol–water partition coefficient (Wildman–Crippen LogP) is 1.22. The van der Waals surface area contributed by atoms with Crippen LogP contribution in [-0.2, 0) is 0 Å². The lowest BCUT2D eigenvalue weighted by Gasteiger charge is -2.05. The number of amides is 1. The first-order valence-electron chi connectivity index (χ1n) is 5.24. The molecule has 0 bridgehead atoms. The molecule has 0 atom stereocenters. The number of hydrogen-bond acceptors (Lipinski definition) is 3. The maximum absolute atomic E-state index is 13.2. The van der Waals surface area contributed by atoms with E-state index in [9.17, 15) is 13.6 Å². The first kappa shape index (κ1) is 13.9. The molecule has 1 aromatic rings. The summed E-state index contributed by atoms with van der Waals surface area (Å²) in [5, 5.41) is 13.4. The van der Waals surface area contributed by atoms with Crippen molar-refractivity contribution in [3.63, 3.8) is 0 Å². The van der Waals surface area contributed by atoms with Gasteiger partial charge < -0.3 is 16.3 Å². The van der Waals surface area contributed by atoms with Crippen molar-refractivity contribution in [1.29, 1.82) is 0 Å². The molecule has 0 saturated heterocycles. The molecule has 0 aliphatic carbocycles. The van der Waals surface area contributed by atoms with Crippen LogP contribution in [0.5, 0.6) is 0 Å². The molecule has 0 heterocycles. The van der Waals surface area contributed by atoms with Crippen molar-refractivity contribution < 1.29 is 18.8 Å². The van der Waals surface area contributed by atoms with Crippen LogP contribution in [0.3, 0.4) is 0 Å². The smallest absolute Gasteiger partial charge is 0.254 e. The molecule has 1 aromatic carbocycles. The molecule has 1 rings (SSSR count). The van der Waals surface area contributed by atoms with Gasteiger partial charge in [0.05, 0.1) is 5.56 Å². The molecule has 0 aliphatic heterocycles. The molecule has 1 amide bonds. The summed E-state index contributed by atoms with van der Waals surface area (Å²) >= 11 is 0. The van der Waals surface area contributed by atoms with Gasteiger partial charge in [-0.15, -0.1) is 0 Å². The van der Waals surface area contributed by atoms with Gasteiger partial charge in [0.25, 0.3) is 5.91 Å². The Morgan fingerprint density at radius 1 is 1.44 bits per heavy atom. The normalized spacial score (nSPS) is 11.3. The number of rotatable bonds is 5. The first-order chi connectivity index (χ1) is 8.54. The van der Waals surface area contributed by atoms with E-state index in [0.29, 0.717) is 12.8 Å². The number of nitrogens with zero attached hydrogens (tertiary/aromatic N) is 1. The van der Waals surface area contributed by atoms with Crippen LogP contribution in [0.2, 0.25) is 0 Å². The van der Waals surface area contributed by atoms with Crippen LogP contribution in [0.1, 0.15) is 23.2 Å². The molecule has 0 aliphatic rings. The number of amidine groups is 1. The van der Waals surface area contributed by atoms with Gasteiger partial charge in [0.1, 0.15) is 17.5 Å². The van der Waals surface area contributed by atoms with Crippen LogP contribution in [0.25, 0.3) is 0 Å². The summed E-state index contributed by atoms with van der Waals surface area (Å²) in [7, 11) is 0. The van der Waals surface area contributed by atoms with Crippen molar-refractivity contribution in [2.75, 3.05) is 6.54 Å². The molecule has 0 fully saturated rings. The van der Waals surface area contributed by atoms with Crippen molar-refractivity contribution in [3.05, 3.63) is 35.4 Å². The van der Waals surface area contributed by atoms with Crippen LogP contribution >= 0.6 is 0 Å². The largest absolute Gasteiger partial charge is 0.409 e. The molecular weight excluding hydrogens is 244 g/mol. The number of carbonyl (C=O) groups is 1. The average molecular weight is 257 g/mol. The maximum atomic E-state index is 13.2. The Bertz CT molecular complexity index is 464. The Labute approximate surface area is 102 Å². The van der Waals surface area contributed by atoms with E-state index >= 15 is 0 Å². The van der Waals surface area contributed by atoms with Gasteiger partial charge in [-0.2, -0.15) is 0 Å². The number of carbonyl (C=O) groups excluding carboxylic acids is 1. The zero-order valence-electron chi connectivity index (χ0n) is 9.49. The second-order valence-corrected chi connectivity index (χ2v) is 3.57. The highest BCUT2D eigenvalue weighted by molar-refractivity contribution is 5.94. The van der Waals surface area contributed by atoms with Crippen molar-refractivity contribution in [3.8, 4) is 0 Å². The number of oxime groups is 1. The summed E-state index contributed by atoms with van der Waals surface area (Å²) in [6.45, 7) is 0.213. The van der Waals surface area contributed by atoms with E-state index in [2.05, 4.69) is 10.5 Å². The van der Waals surface area contributed by atoms with E-state index in [0.717, 1.165) is 18.2 Å². The molecule has 7 heteroatoms. The minimum atomic E-state index is -0.787. The van der Waals surface area contributed by atoms with Crippen LogP contribution in [0.15, 0.2) is 23.4 Å². The molecule has 0 spiro atoms. The van der Waals surface area contributed by atoms with Crippen LogP contribution < -0.4 is 11.1 Å². The molecule has 5 nitrogen and oxygen atoms in total. The second-order valence-electron chi connectivity index (χ2n) is 3.57. The third-order valence-corrected chi connectivity index (χ3v) is 2.20. The Morgan fingerprint density at radius 3 is 2.83 bits per heavy atom. The molecule has 98 valence electrons. The first-order valence-corrected chi connectivity index (χ1v) is 5.24. The Hall–Kier alpha value is -2.18. The minimum Gasteiger partial charge on any atom is -0.409 e.